The molecule has 0 amide bonds. The largest absolute Gasteiger partial charge is 0.466 e. The van der Waals surface area contributed by atoms with Crippen LogP contribution in [0.1, 0.15) is 40.5 Å². The van der Waals surface area contributed by atoms with E-state index in [1.165, 1.54) is 16.0 Å². The van der Waals surface area contributed by atoms with Gasteiger partial charge in [0.05, 0.1) is 6.04 Å². The summed E-state index contributed by atoms with van der Waals surface area (Å²) in [5, 5.41) is 5.70. The molecule has 1 N–H and O–H groups in total. The lowest BCUT2D eigenvalue weighted by molar-refractivity contribution is 0.495. The number of hydrogen-bond donors (Lipinski definition) is 1. The fourth-order valence-corrected chi connectivity index (χ4v) is 3.18. The maximum absolute atomic E-state index is 5.64. The summed E-state index contributed by atoms with van der Waals surface area (Å²) < 4.78 is 5.64. The highest BCUT2D eigenvalue weighted by Crippen LogP contribution is 2.32. The highest BCUT2D eigenvalue weighted by molar-refractivity contribution is 7.10. The van der Waals surface area contributed by atoms with Crippen molar-refractivity contribution in [3.05, 3.63) is 45.0 Å². The number of nitrogens with one attached hydrogen (secondary N) is 1. The zero-order chi connectivity index (χ0) is 12.4. The average Bonchev–Trinajstić information content (AvgIpc) is 2.82. The van der Waals surface area contributed by atoms with E-state index in [1.54, 1.807) is 11.3 Å². The molecular formula is C14H19NOS. The molecule has 2 aromatic heterocycles. The summed E-state index contributed by atoms with van der Waals surface area (Å²) in [4.78, 5) is 1.38. The third kappa shape index (κ3) is 2.45. The Labute approximate surface area is 107 Å². The topological polar surface area (TPSA) is 25.2 Å². The van der Waals surface area contributed by atoms with Gasteiger partial charge in [-0.05, 0) is 50.4 Å². The first-order valence-corrected chi connectivity index (χ1v) is 6.85. The minimum atomic E-state index is 0.262. The molecular weight excluding hydrogens is 230 g/mol. The normalized spacial score (nSPS) is 12.9. The molecule has 0 bridgehead atoms. The van der Waals surface area contributed by atoms with Gasteiger partial charge in [-0.2, -0.15) is 0 Å². The van der Waals surface area contributed by atoms with E-state index in [2.05, 4.69) is 36.7 Å². The fourth-order valence-electron chi connectivity index (χ4n) is 2.17. The molecule has 3 heteroatoms. The van der Waals surface area contributed by atoms with Crippen molar-refractivity contribution in [3.8, 4) is 0 Å². The summed E-state index contributed by atoms with van der Waals surface area (Å²) in [5.74, 6) is 2.00. The molecule has 0 aliphatic heterocycles. The number of furan rings is 1. The molecule has 0 aromatic carbocycles. The molecule has 2 aromatic rings. The van der Waals surface area contributed by atoms with Crippen LogP contribution in [0.25, 0.3) is 0 Å². The molecule has 0 saturated carbocycles. The second kappa shape index (κ2) is 5.07. The Morgan fingerprint density at radius 2 is 2.12 bits per heavy atom. The molecule has 17 heavy (non-hydrogen) atoms. The van der Waals surface area contributed by atoms with Crippen molar-refractivity contribution in [1.82, 2.24) is 5.32 Å². The first-order chi connectivity index (χ1) is 8.13. The van der Waals surface area contributed by atoms with Gasteiger partial charge in [0, 0.05) is 10.4 Å². The van der Waals surface area contributed by atoms with Crippen LogP contribution < -0.4 is 5.32 Å². The Hall–Kier alpha value is -1.06. The zero-order valence-corrected chi connectivity index (χ0v) is 11.6. The summed E-state index contributed by atoms with van der Waals surface area (Å²) in [7, 11) is 0. The van der Waals surface area contributed by atoms with E-state index in [0.29, 0.717) is 0 Å². The second-order valence-electron chi connectivity index (χ2n) is 4.33. The predicted octanol–water partition coefficient (Wildman–Crippen LogP) is 3.97. The van der Waals surface area contributed by atoms with Crippen LogP contribution in [0.4, 0.5) is 0 Å². The molecule has 2 nitrogen and oxygen atoms in total. The molecule has 0 spiro atoms. The molecule has 1 unspecified atom stereocenters. The molecule has 0 saturated heterocycles. The second-order valence-corrected chi connectivity index (χ2v) is 5.27. The van der Waals surface area contributed by atoms with Gasteiger partial charge in [0.2, 0.25) is 0 Å². The third-order valence-electron chi connectivity index (χ3n) is 2.96. The van der Waals surface area contributed by atoms with E-state index in [1.807, 2.05) is 13.8 Å². The molecule has 92 valence electrons. The number of hydrogen-bond acceptors (Lipinski definition) is 3. The van der Waals surface area contributed by atoms with Crippen LogP contribution in [0.2, 0.25) is 0 Å². The SMILES string of the molecule is CCNC(c1cc(C)oc1C)c1sccc1C. The Morgan fingerprint density at radius 1 is 1.35 bits per heavy atom. The van der Waals surface area contributed by atoms with Gasteiger partial charge in [0.15, 0.2) is 0 Å². The van der Waals surface area contributed by atoms with E-state index < -0.39 is 0 Å². The van der Waals surface area contributed by atoms with Crippen LogP contribution in [-0.4, -0.2) is 6.54 Å². The lowest BCUT2D eigenvalue weighted by atomic mass is 10.0. The molecule has 0 fully saturated rings. The summed E-state index contributed by atoms with van der Waals surface area (Å²) in [6, 6.07) is 4.58. The van der Waals surface area contributed by atoms with Gasteiger partial charge in [-0.3, -0.25) is 0 Å². The van der Waals surface area contributed by atoms with Gasteiger partial charge in [0.25, 0.3) is 0 Å². The molecule has 1 atom stereocenters. The Bertz CT molecular complexity index is 498. The highest BCUT2D eigenvalue weighted by Gasteiger charge is 2.20. The van der Waals surface area contributed by atoms with Crippen LogP contribution in [0.3, 0.4) is 0 Å². The Kier molecular flexibility index (Phi) is 3.69. The first-order valence-electron chi connectivity index (χ1n) is 5.97. The summed E-state index contributed by atoms with van der Waals surface area (Å²) in [5.41, 5.74) is 2.61. The summed E-state index contributed by atoms with van der Waals surface area (Å²) in [6.07, 6.45) is 0. The highest BCUT2D eigenvalue weighted by atomic mass is 32.1. The van der Waals surface area contributed by atoms with Crippen molar-refractivity contribution < 1.29 is 4.42 Å². The maximum Gasteiger partial charge on any atom is 0.106 e. The zero-order valence-electron chi connectivity index (χ0n) is 10.8. The minimum absolute atomic E-state index is 0.262. The number of aryl methyl sites for hydroxylation is 3. The molecule has 0 radical (unpaired) electrons. The van der Waals surface area contributed by atoms with E-state index >= 15 is 0 Å². The summed E-state index contributed by atoms with van der Waals surface area (Å²) >= 11 is 1.81. The van der Waals surface area contributed by atoms with Crippen molar-refractivity contribution >= 4 is 11.3 Å². The van der Waals surface area contributed by atoms with Crippen LogP contribution >= 0.6 is 11.3 Å². The quantitative estimate of drug-likeness (QED) is 0.887. The third-order valence-corrected chi connectivity index (χ3v) is 4.05. The van der Waals surface area contributed by atoms with Crippen LogP contribution in [0.5, 0.6) is 0 Å². The molecule has 2 rings (SSSR count). The van der Waals surface area contributed by atoms with Crippen molar-refractivity contribution in [2.45, 2.75) is 33.7 Å². The van der Waals surface area contributed by atoms with Crippen LogP contribution in [0, 0.1) is 20.8 Å². The minimum Gasteiger partial charge on any atom is -0.466 e. The van der Waals surface area contributed by atoms with Gasteiger partial charge in [-0.1, -0.05) is 6.92 Å². The van der Waals surface area contributed by atoms with Crippen molar-refractivity contribution in [2.75, 3.05) is 6.54 Å². The van der Waals surface area contributed by atoms with Crippen molar-refractivity contribution in [1.29, 1.82) is 0 Å². The summed E-state index contributed by atoms with van der Waals surface area (Å²) in [6.45, 7) is 9.29. The number of thiophene rings is 1. The standard InChI is InChI=1S/C14H19NOS/c1-5-15-13(14-9(2)6-7-17-14)12-8-10(3)16-11(12)4/h6-8,13,15H,5H2,1-4H3. The molecule has 2 heterocycles. The van der Waals surface area contributed by atoms with Gasteiger partial charge in [-0.15, -0.1) is 11.3 Å². The lowest BCUT2D eigenvalue weighted by Crippen LogP contribution is -2.21. The van der Waals surface area contributed by atoms with E-state index in [-0.39, 0.29) is 6.04 Å². The molecule has 0 aliphatic carbocycles. The van der Waals surface area contributed by atoms with Crippen LogP contribution in [0.15, 0.2) is 21.9 Å². The van der Waals surface area contributed by atoms with E-state index in [9.17, 15) is 0 Å². The molecule has 0 aliphatic rings. The van der Waals surface area contributed by atoms with E-state index in [4.69, 9.17) is 4.42 Å². The van der Waals surface area contributed by atoms with Gasteiger partial charge >= 0.3 is 0 Å². The van der Waals surface area contributed by atoms with Gasteiger partial charge in [-0.25, -0.2) is 0 Å². The Morgan fingerprint density at radius 3 is 2.59 bits per heavy atom. The van der Waals surface area contributed by atoms with E-state index in [0.717, 1.165) is 18.1 Å². The van der Waals surface area contributed by atoms with Crippen LogP contribution in [-0.2, 0) is 0 Å². The lowest BCUT2D eigenvalue weighted by Gasteiger charge is -2.17. The first kappa shape index (κ1) is 12.4. The predicted molar refractivity (Wildman–Crippen MR) is 72.8 cm³/mol. The van der Waals surface area contributed by atoms with Crippen molar-refractivity contribution in [3.63, 3.8) is 0 Å². The average molecular weight is 249 g/mol. The maximum atomic E-state index is 5.64. The van der Waals surface area contributed by atoms with Gasteiger partial charge < -0.3 is 9.73 Å². The smallest absolute Gasteiger partial charge is 0.106 e. The monoisotopic (exact) mass is 249 g/mol. The van der Waals surface area contributed by atoms with Crippen molar-refractivity contribution in [2.24, 2.45) is 0 Å². The number of rotatable bonds is 4. The fraction of sp³-hybridized carbons (Fsp3) is 0.429. The van der Waals surface area contributed by atoms with Gasteiger partial charge in [0.1, 0.15) is 11.5 Å². The Balaban J connectivity index is 2.42.